The molecule has 23 heavy (non-hydrogen) atoms. The van der Waals surface area contributed by atoms with E-state index in [4.69, 9.17) is 9.47 Å². The van der Waals surface area contributed by atoms with Gasteiger partial charge in [0, 0.05) is 25.0 Å². The summed E-state index contributed by atoms with van der Waals surface area (Å²) in [5, 5.41) is 2.83. The number of carbonyl (C=O) groups excluding carboxylic acids is 1. The van der Waals surface area contributed by atoms with Crippen molar-refractivity contribution >= 4 is 12.0 Å². The molecule has 0 saturated heterocycles. The minimum Gasteiger partial charge on any atom is -0.493 e. The smallest absolute Gasteiger partial charge is 0.244 e. The number of nitrogens with zero attached hydrogens (tertiary/aromatic N) is 1. The van der Waals surface area contributed by atoms with Crippen LogP contribution in [0, 0.1) is 0 Å². The Hall–Kier alpha value is -2.82. The number of ether oxygens (including phenoxy) is 2. The monoisotopic (exact) mass is 312 g/mol. The lowest BCUT2D eigenvalue weighted by molar-refractivity contribution is -0.116. The largest absolute Gasteiger partial charge is 0.493 e. The standard InChI is InChI=1S/C18H20N2O3/c1-3-23-16-8-6-15(11-17(16)22-2)13-20-18(21)9-7-14-5-4-10-19-12-14/h4-12H,3,13H2,1-2H3,(H,20,21). The first-order chi connectivity index (χ1) is 11.2. The number of methoxy groups -OCH3 is 1. The number of aromatic nitrogens is 1. The van der Waals surface area contributed by atoms with E-state index in [2.05, 4.69) is 10.3 Å². The Morgan fingerprint density at radius 1 is 1.30 bits per heavy atom. The van der Waals surface area contributed by atoms with E-state index in [1.807, 2.05) is 37.3 Å². The maximum absolute atomic E-state index is 11.8. The summed E-state index contributed by atoms with van der Waals surface area (Å²) in [6.07, 6.45) is 6.60. The van der Waals surface area contributed by atoms with Crippen molar-refractivity contribution in [1.82, 2.24) is 10.3 Å². The molecule has 5 heteroatoms. The maximum Gasteiger partial charge on any atom is 0.244 e. The summed E-state index contributed by atoms with van der Waals surface area (Å²) in [7, 11) is 1.59. The van der Waals surface area contributed by atoms with Gasteiger partial charge in [0.05, 0.1) is 13.7 Å². The first-order valence-corrected chi connectivity index (χ1v) is 7.38. The lowest BCUT2D eigenvalue weighted by atomic mass is 10.2. The molecule has 0 unspecified atom stereocenters. The van der Waals surface area contributed by atoms with E-state index >= 15 is 0 Å². The number of carbonyl (C=O) groups is 1. The fourth-order valence-electron chi connectivity index (χ4n) is 1.99. The van der Waals surface area contributed by atoms with E-state index in [0.717, 1.165) is 11.1 Å². The van der Waals surface area contributed by atoms with Crippen LogP contribution >= 0.6 is 0 Å². The number of nitrogens with one attached hydrogen (secondary N) is 1. The summed E-state index contributed by atoms with van der Waals surface area (Å²) in [5.74, 6) is 1.19. The first kappa shape index (κ1) is 16.5. The molecule has 0 spiro atoms. The molecule has 0 atom stereocenters. The molecular formula is C18H20N2O3. The normalized spacial score (nSPS) is 10.5. The molecule has 0 radical (unpaired) electrons. The quantitative estimate of drug-likeness (QED) is 0.799. The van der Waals surface area contributed by atoms with Crippen LogP contribution in [-0.4, -0.2) is 24.6 Å². The second-order valence-corrected chi connectivity index (χ2v) is 4.76. The number of rotatable bonds is 7. The van der Waals surface area contributed by atoms with Gasteiger partial charge in [0.2, 0.25) is 5.91 Å². The Morgan fingerprint density at radius 2 is 2.17 bits per heavy atom. The van der Waals surface area contributed by atoms with E-state index in [0.29, 0.717) is 24.7 Å². The molecule has 1 heterocycles. The van der Waals surface area contributed by atoms with Crippen LogP contribution in [0.5, 0.6) is 11.5 Å². The average Bonchev–Trinajstić information content (AvgIpc) is 2.60. The van der Waals surface area contributed by atoms with Crippen molar-refractivity contribution in [2.45, 2.75) is 13.5 Å². The molecule has 0 saturated carbocycles. The molecule has 5 nitrogen and oxygen atoms in total. The van der Waals surface area contributed by atoms with E-state index in [-0.39, 0.29) is 5.91 Å². The van der Waals surface area contributed by atoms with Crippen molar-refractivity contribution in [2.24, 2.45) is 0 Å². The van der Waals surface area contributed by atoms with Crippen LogP contribution in [0.15, 0.2) is 48.8 Å². The van der Waals surface area contributed by atoms with Crippen LogP contribution in [-0.2, 0) is 11.3 Å². The van der Waals surface area contributed by atoms with Gasteiger partial charge in [-0.1, -0.05) is 12.1 Å². The topological polar surface area (TPSA) is 60.5 Å². The van der Waals surface area contributed by atoms with Gasteiger partial charge in [-0.25, -0.2) is 0 Å². The lowest BCUT2D eigenvalue weighted by Gasteiger charge is -2.11. The van der Waals surface area contributed by atoms with E-state index < -0.39 is 0 Å². The van der Waals surface area contributed by atoms with Gasteiger partial charge in [-0.15, -0.1) is 0 Å². The summed E-state index contributed by atoms with van der Waals surface area (Å²) < 4.78 is 10.8. The van der Waals surface area contributed by atoms with Gasteiger partial charge in [-0.2, -0.15) is 0 Å². The van der Waals surface area contributed by atoms with Crippen molar-refractivity contribution in [2.75, 3.05) is 13.7 Å². The van der Waals surface area contributed by atoms with Gasteiger partial charge in [-0.05, 0) is 42.3 Å². The van der Waals surface area contributed by atoms with Crippen LogP contribution in [0.25, 0.3) is 6.08 Å². The molecule has 1 amide bonds. The summed E-state index contributed by atoms with van der Waals surface area (Å²) in [6, 6.07) is 9.31. The van der Waals surface area contributed by atoms with E-state index in [1.54, 1.807) is 25.6 Å². The number of benzene rings is 1. The highest BCUT2D eigenvalue weighted by molar-refractivity contribution is 5.91. The minimum atomic E-state index is -0.165. The van der Waals surface area contributed by atoms with Crippen molar-refractivity contribution in [3.63, 3.8) is 0 Å². The van der Waals surface area contributed by atoms with Crippen LogP contribution in [0.1, 0.15) is 18.1 Å². The third-order valence-electron chi connectivity index (χ3n) is 3.11. The van der Waals surface area contributed by atoms with Crippen molar-refractivity contribution in [3.05, 3.63) is 59.9 Å². The zero-order chi connectivity index (χ0) is 16.5. The van der Waals surface area contributed by atoms with Crippen LogP contribution in [0.3, 0.4) is 0 Å². The molecule has 0 aliphatic heterocycles. The molecule has 1 aromatic carbocycles. The van der Waals surface area contributed by atoms with Crippen LogP contribution in [0.2, 0.25) is 0 Å². The molecule has 1 N–H and O–H groups in total. The highest BCUT2D eigenvalue weighted by atomic mass is 16.5. The molecule has 120 valence electrons. The van der Waals surface area contributed by atoms with Gasteiger partial charge >= 0.3 is 0 Å². The molecule has 0 fully saturated rings. The minimum absolute atomic E-state index is 0.165. The van der Waals surface area contributed by atoms with Crippen LogP contribution < -0.4 is 14.8 Å². The second kappa shape index (κ2) is 8.58. The highest BCUT2D eigenvalue weighted by Crippen LogP contribution is 2.27. The van der Waals surface area contributed by atoms with Gasteiger partial charge in [0.15, 0.2) is 11.5 Å². The van der Waals surface area contributed by atoms with Gasteiger partial charge in [0.25, 0.3) is 0 Å². The third kappa shape index (κ3) is 5.14. The van der Waals surface area contributed by atoms with Crippen molar-refractivity contribution in [3.8, 4) is 11.5 Å². The molecule has 2 rings (SSSR count). The fourth-order valence-corrected chi connectivity index (χ4v) is 1.99. The number of amides is 1. The molecule has 0 aliphatic rings. The molecule has 2 aromatic rings. The molecule has 0 aliphatic carbocycles. The van der Waals surface area contributed by atoms with Gasteiger partial charge in [-0.3, -0.25) is 9.78 Å². The van der Waals surface area contributed by atoms with Gasteiger partial charge < -0.3 is 14.8 Å². The van der Waals surface area contributed by atoms with Crippen molar-refractivity contribution < 1.29 is 14.3 Å². The zero-order valence-corrected chi connectivity index (χ0v) is 13.3. The van der Waals surface area contributed by atoms with E-state index in [1.165, 1.54) is 6.08 Å². The summed E-state index contributed by atoms with van der Waals surface area (Å²) in [4.78, 5) is 15.8. The Bertz CT molecular complexity index is 669. The molecular weight excluding hydrogens is 292 g/mol. The summed E-state index contributed by atoms with van der Waals surface area (Å²) >= 11 is 0. The Kier molecular flexibility index (Phi) is 6.17. The maximum atomic E-state index is 11.8. The predicted molar refractivity (Wildman–Crippen MR) is 89.3 cm³/mol. The fraction of sp³-hybridized carbons (Fsp3) is 0.222. The molecule has 0 bridgehead atoms. The Morgan fingerprint density at radius 3 is 2.87 bits per heavy atom. The number of hydrogen-bond acceptors (Lipinski definition) is 4. The lowest BCUT2D eigenvalue weighted by Crippen LogP contribution is -2.20. The Labute approximate surface area is 136 Å². The summed E-state index contributed by atoms with van der Waals surface area (Å²) in [5.41, 5.74) is 1.82. The first-order valence-electron chi connectivity index (χ1n) is 7.38. The average molecular weight is 312 g/mol. The zero-order valence-electron chi connectivity index (χ0n) is 13.3. The van der Waals surface area contributed by atoms with Crippen molar-refractivity contribution in [1.29, 1.82) is 0 Å². The predicted octanol–water partition coefficient (Wildman–Crippen LogP) is 2.82. The Balaban J connectivity index is 1.92. The van der Waals surface area contributed by atoms with Gasteiger partial charge in [0.1, 0.15) is 0 Å². The second-order valence-electron chi connectivity index (χ2n) is 4.76. The summed E-state index contributed by atoms with van der Waals surface area (Å²) in [6.45, 7) is 2.91. The highest BCUT2D eigenvalue weighted by Gasteiger charge is 2.05. The van der Waals surface area contributed by atoms with E-state index in [9.17, 15) is 4.79 Å². The number of pyridine rings is 1. The number of hydrogen-bond donors (Lipinski definition) is 1. The third-order valence-corrected chi connectivity index (χ3v) is 3.11. The SMILES string of the molecule is CCOc1ccc(CNC(=O)C=Cc2cccnc2)cc1OC. The van der Waals surface area contributed by atoms with Crippen LogP contribution in [0.4, 0.5) is 0 Å². The molecule has 1 aromatic heterocycles.